The van der Waals surface area contributed by atoms with Crippen molar-refractivity contribution in [1.29, 1.82) is 0 Å². The number of hydrogen-bond donors (Lipinski definition) is 3. The van der Waals surface area contributed by atoms with Crippen LogP contribution in [0.5, 0.6) is 0 Å². The van der Waals surface area contributed by atoms with Crippen LogP contribution in [0.1, 0.15) is 37.9 Å². The van der Waals surface area contributed by atoms with Gasteiger partial charge in [-0.15, -0.1) is 12.4 Å². The van der Waals surface area contributed by atoms with Crippen molar-refractivity contribution in [3.63, 3.8) is 0 Å². The highest BCUT2D eigenvalue weighted by molar-refractivity contribution is 5.87. The molecular formula is C16H25ClFN3O2. The summed E-state index contributed by atoms with van der Waals surface area (Å²) in [6.45, 7) is 7.00. The molecule has 4 N–H and O–H groups in total. The van der Waals surface area contributed by atoms with Gasteiger partial charge in [-0.25, -0.2) is 4.39 Å². The number of aryl methyl sites for hydroxylation is 1. The Morgan fingerprint density at radius 3 is 2.39 bits per heavy atom. The Morgan fingerprint density at radius 1 is 1.26 bits per heavy atom. The standard InChI is InChI=1S/C16H24FN3O2.ClH/c1-9(2)15(18)16(22)19-8-14(21)20-11(4)12-5-6-13(17)10(3)7-12;/h5-7,9,11,15H,8,18H2,1-4H3,(H,19,22)(H,20,21);1H/t11?,15-;/m0./s1. The molecular weight excluding hydrogens is 321 g/mol. The van der Waals surface area contributed by atoms with Crippen LogP contribution in [0.25, 0.3) is 0 Å². The van der Waals surface area contributed by atoms with Gasteiger partial charge in [-0.3, -0.25) is 9.59 Å². The van der Waals surface area contributed by atoms with E-state index in [9.17, 15) is 14.0 Å². The molecule has 0 saturated heterocycles. The minimum Gasteiger partial charge on any atom is -0.348 e. The molecule has 1 unspecified atom stereocenters. The highest BCUT2D eigenvalue weighted by atomic mass is 35.5. The van der Waals surface area contributed by atoms with Crippen LogP contribution in [0.4, 0.5) is 4.39 Å². The highest BCUT2D eigenvalue weighted by Gasteiger charge is 2.18. The molecule has 2 atom stereocenters. The van der Waals surface area contributed by atoms with Crippen molar-refractivity contribution in [2.45, 2.75) is 39.8 Å². The van der Waals surface area contributed by atoms with Crippen molar-refractivity contribution < 1.29 is 14.0 Å². The molecule has 0 aromatic heterocycles. The Balaban J connectivity index is 0.00000484. The molecule has 7 heteroatoms. The Bertz CT molecular complexity index is 552. The van der Waals surface area contributed by atoms with Crippen molar-refractivity contribution in [3.8, 4) is 0 Å². The fraction of sp³-hybridized carbons (Fsp3) is 0.500. The van der Waals surface area contributed by atoms with E-state index in [0.717, 1.165) is 5.56 Å². The number of hydrogen-bond acceptors (Lipinski definition) is 3. The van der Waals surface area contributed by atoms with E-state index in [0.29, 0.717) is 5.56 Å². The normalized spacial score (nSPS) is 13.0. The molecule has 0 aliphatic heterocycles. The van der Waals surface area contributed by atoms with Crippen molar-refractivity contribution in [2.24, 2.45) is 11.7 Å². The molecule has 1 aromatic rings. The Hall–Kier alpha value is -1.66. The lowest BCUT2D eigenvalue weighted by molar-refractivity contribution is -0.127. The fourth-order valence-corrected chi connectivity index (χ4v) is 1.90. The number of carbonyl (C=O) groups is 2. The van der Waals surface area contributed by atoms with Gasteiger partial charge >= 0.3 is 0 Å². The lowest BCUT2D eigenvalue weighted by atomic mass is 10.0. The number of amides is 2. The van der Waals surface area contributed by atoms with E-state index in [4.69, 9.17) is 5.73 Å². The lowest BCUT2D eigenvalue weighted by Crippen LogP contribution is -2.47. The van der Waals surface area contributed by atoms with Gasteiger partial charge in [0.2, 0.25) is 11.8 Å². The maximum absolute atomic E-state index is 13.2. The Labute approximate surface area is 142 Å². The van der Waals surface area contributed by atoms with E-state index in [1.165, 1.54) is 6.07 Å². The zero-order valence-corrected chi connectivity index (χ0v) is 14.7. The quantitative estimate of drug-likeness (QED) is 0.735. The summed E-state index contributed by atoms with van der Waals surface area (Å²) in [6.07, 6.45) is 0. The second kappa shape index (κ2) is 9.47. The first kappa shape index (κ1) is 21.3. The predicted octanol–water partition coefficient (Wildman–Crippen LogP) is 1.83. The van der Waals surface area contributed by atoms with E-state index in [1.807, 2.05) is 13.8 Å². The first-order chi connectivity index (χ1) is 10.2. The van der Waals surface area contributed by atoms with Crippen LogP contribution in [-0.2, 0) is 9.59 Å². The summed E-state index contributed by atoms with van der Waals surface area (Å²) < 4.78 is 13.2. The lowest BCUT2D eigenvalue weighted by Gasteiger charge is -2.17. The van der Waals surface area contributed by atoms with Crippen molar-refractivity contribution >= 4 is 24.2 Å². The van der Waals surface area contributed by atoms with Crippen LogP contribution >= 0.6 is 12.4 Å². The molecule has 0 radical (unpaired) electrons. The van der Waals surface area contributed by atoms with Crippen molar-refractivity contribution in [2.75, 3.05) is 6.54 Å². The third-order valence-corrected chi connectivity index (χ3v) is 3.50. The summed E-state index contributed by atoms with van der Waals surface area (Å²) in [5.74, 6) is -0.949. The number of nitrogens with two attached hydrogens (primary N) is 1. The molecule has 5 nitrogen and oxygen atoms in total. The Morgan fingerprint density at radius 2 is 1.87 bits per heavy atom. The van der Waals surface area contributed by atoms with Crippen LogP contribution < -0.4 is 16.4 Å². The van der Waals surface area contributed by atoms with E-state index >= 15 is 0 Å². The maximum Gasteiger partial charge on any atom is 0.239 e. The van der Waals surface area contributed by atoms with Gasteiger partial charge in [-0.05, 0) is 37.0 Å². The number of nitrogens with one attached hydrogen (secondary N) is 2. The maximum atomic E-state index is 13.2. The second-order valence-electron chi connectivity index (χ2n) is 5.79. The molecule has 0 spiro atoms. The number of halogens is 2. The van der Waals surface area contributed by atoms with E-state index < -0.39 is 6.04 Å². The van der Waals surface area contributed by atoms with Gasteiger partial charge in [0.25, 0.3) is 0 Å². The monoisotopic (exact) mass is 345 g/mol. The molecule has 0 bridgehead atoms. The topological polar surface area (TPSA) is 84.2 Å². The summed E-state index contributed by atoms with van der Waals surface area (Å²) in [6, 6.07) is 3.78. The molecule has 2 amide bonds. The zero-order valence-electron chi connectivity index (χ0n) is 13.9. The molecule has 0 saturated carbocycles. The SMILES string of the molecule is Cc1cc(C(C)NC(=O)CNC(=O)[C@@H](N)C(C)C)ccc1F.Cl. The van der Waals surface area contributed by atoms with Gasteiger partial charge in [0.05, 0.1) is 18.6 Å². The van der Waals surface area contributed by atoms with Crippen LogP contribution in [0.15, 0.2) is 18.2 Å². The summed E-state index contributed by atoms with van der Waals surface area (Å²) >= 11 is 0. The summed E-state index contributed by atoms with van der Waals surface area (Å²) in [7, 11) is 0. The summed E-state index contributed by atoms with van der Waals surface area (Å²) in [5.41, 5.74) is 7.02. The third kappa shape index (κ3) is 6.54. The first-order valence-electron chi connectivity index (χ1n) is 7.31. The second-order valence-corrected chi connectivity index (χ2v) is 5.79. The van der Waals surface area contributed by atoms with Gasteiger partial charge in [0.15, 0.2) is 0 Å². The number of rotatable bonds is 6. The number of carbonyl (C=O) groups excluding carboxylic acids is 2. The van der Waals surface area contributed by atoms with Crippen LogP contribution in [0.3, 0.4) is 0 Å². The van der Waals surface area contributed by atoms with E-state index in [-0.39, 0.29) is 48.5 Å². The molecule has 1 aromatic carbocycles. The predicted molar refractivity (Wildman–Crippen MR) is 90.8 cm³/mol. The molecule has 0 heterocycles. The first-order valence-corrected chi connectivity index (χ1v) is 7.31. The van der Waals surface area contributed by atoms with Gasteiger partial charge in [-0.1, -0.05) is 26.0 Å². The average molecular weight is 346 g/mol. The van der Waals surface area contributed by atoms with Crippen LogP contribution in [-0.4, -0.2) is 24.4 Å². The molecule has 0 aliphatic carbocycles. The minimum atomic E-state index is -0.634. The fourth-order valence-electron chi connectivity index (χ4n) is 1.90. The third-order valence-electron chi connectivity index (χ3n) is 3.50. The molecule has 23 heavy (non-hydrogen) atoms. The summed E-state index contributed by atoms with van der Waals surface area (Å²) in [4.78, 5) is 23.5. The molecule has 0 aliphatic rings. The largest absolute Gasteiger partial charge is 0.348 e. The zero-order chi connectivity index (χ0) is 16.9. The van der Waals surface area contributed by atoms with E-state index in [1.54, 1.807) is 26.0 Å². The highest BCUT2D eigenvalue weighted by Crippen LogP contribution is 2.16. The van der Waals surface area contributed by atoms with Crippen molar-refractivity contribution in [3.05, 3.63) is 35.1 Å². The Kier molecular flexibility index (Phi) is 8.79. The number of benzene rings is 1. The minimum absolute atomic E-state index is 0. The molecule has 130 valence electrons. The van der Waals surface area contributed by atoms with Gasteiger partial charge < -0.3 is 16.4 Å². The average Bonchev–Trinajstić information content (AvgIpc) is 2.46. The summed E-state index contributed by atoms with van der Waals surface area (Å²) in [5, 5.41) is 5.25. The van der Waals surface area contributed by atoms with Gasteiger partial charge in [-0.2, -0.15) is 0 Å². The van der Waals surface area contributed by atoms with Crippen molar-refractivity contribution in [1.82, 2.24) is 10.6 Å². The molecule has 0 fully saturated rings. The van der Waals surface area contributed by atoms with Gasteiger partial charge in [0, 0.05) is 0 Å². The smallest absolute Gasteiger partial charge is 0.239 e. The molecule has 1 rings (SSSR count). The van der Waals surface area contributed by atoms with Gasteiger partial charge in [0.1, 0.15) is 5.82 Å². The van der Waals surface area contributed by atoms with E-state index in [2.05, 4.69) is 10.6 Å². The van der Waals surface area contributed by atoms with Crippen LogP contribution in [0.2, 0.25) is 0 Å². The van der Waals surface area contributed by atoms with Crippen LogP contribution in [0, 0.1) is 18.7 Å².